The first-order valence-electron chi connectivity index (χ1n) is 7.67. The van der Waals surface area contributed by atoms with Gasteiger partial charge in [0.2, 0.25) is 0 Å². The fraction of sp³-hybridized carbons (Fsp3) is 0.0625. The minimum Gasteiger partial charge on any atom is -0.375 e. The molecule has 130 valence electrons. The van der Waals surface area contributed by atoms with Gasteiger partial charge in [0.15, 0.2) is 10.1 Å². The normalized spacial score (nSPS) is 11.4. The molecule has 0 spiro atoms. The summed E-state index contributed by atoms with van der Waals surface area (Å²) in [7, 11) is 0. The molecule has 0 aliphatic heterocycles. The lowest BCUT2D eigenvalue weighted by Crippen LogP contribution is -2.24. The van der Waals surface area contributed by atoms with Crippen LogP contribution in [0, 0.1) is 6.92 Å². The van der Waals surface area contributed by atoms with Gasteiger partial charge >= 0.3 is 0 Å². The molecule has 1 aromatic carbocycles. The Morgan fingerprint density at radius 1 is 1.31 bits per heavy atom. The summed E-state index contributed by atoms with van der Waals surface area (Å²) in [5.41, 5.74) is 12.0. The van der Waals surface area contributed by atoms with Crippen LogP contribution in [0.5, 0.6) is 0 Å². The van der Waals surface area contributed by atoms with E-state index in [9.17, 15) is 0 Å². The van der Waals surface area contributed by atoms with Crippen LogP contribution < -0.4 is 11.2 Å². The van der Waals surface area contributed by atoms with Crippen LogP contribution in [0.2, 0.25) is 0 Å². The van der Waals surface area contributed by atoms with Gasteiger partial charge in [0.25, 0.3) is 0 Å². The average Bonchev–Trinajstić information content (AvgIpc) is 3.31. The first-order valence-corrected chi connectivity index (χ1v) is 8.96. The smallest absolute Gasteiger partial charge is 0.194 e. The Morgan fingerprint density at radius 2 is 2.12 bits per heavy atom. The minimum absolute atomic E-state index is 0.0973. The van der Waals surface area contributed by atoms with Crippen molar-refractivity contribution in [2.75, 3.05) is 0 Å². The first-order chi connectivity index (χ1) is 12.6. The van der Waals surface area contributed by atoms with Gasteiger partial charge in [0.05, 0.1) is 23.3 Å². The number of hydrogen-bond donors (Lipinski definition) is 2. The molecule has 4 aromatic rings. The molecule has 0 fully saturated rings. The van der Waals surface area contributed by atoms with E-state index < -0.39 is 0 Å². The highest BCUT2D eigenvalue weighted by atomic mass is 32.1. The maximum atomic E-state index is 5.43. The fourth-order valence-electron chi connectivity index (χ4n) is 2.62. The van der Waals surface area contributed by atoms with Gasteiger partial charge in [-0.25, -0.2) is 9.67 Å². The summed E-state index contributed by atoms with van der Waals surface area (Å²) in [5, 5.41) is 14.8. The van der Waals surface area contributed by atoms with Crippen molar-refractivity contribution in [2.24, 2.45) is 10.8 Å². The van der Waals surface area contributed by atoms with Crippen molar-refractivity contribution in [2.45, 2.75) is 6.92 Å². The summed E-state index contributed by atoms with van der Waals surface area (Å²) in [4.78, 5) is 5.53. The molecular formula is C16H14N8S2. The Labute approximate surface area is 158 Å². The zero-order valence-corrected chi connectivity index (χ0v) is 15.3. The first kappa shape index (κ1) is 16.4. The quantitative estimate of drug-likeness (QED) is 0.319. The van der Waals surface area contributed by atoms with Gasteiger partial charge in [-0.1, -0.05) is 23.4 Å². The summed E-state index contributed by atoms with van der Waals surface area (Å²) < 4.78 is 3.72. The van der Waals surface area contributed by atoms with Gasteiger partial charge in [-0.3, -0.25) is 9.83 Å². The number of nitrogens with two attached hydrogens (primary N) is 1. The fourth-order valence-corrected chi connectivity index (χ4v) is 3.39. The van der Waals surface area contributed by atoms with E-state index in [1.807, 2.05) is 53.2 Å². The summed E-state index contributed by atoms with van der Waals surface area (Å²) in [5.74, 6) is 0. The third-order valence-electron chi connectivity index (χ3n) is 3.78. The van der Waals surface area contributed by atoms with Gasteiger partial charge in [0.1, 0.15) is 11.4 Å². The monoisotopic (exact) mass is 382 g/mol. The number of imidazole rings is 1. The highest BCUT2D eigenvalue weighted by Crippen LogP contribution is 2.27. The van der Waals surface area contributed by atoms with Crippen LogP contribution in [0.3, 0.4) is 0 Å². The Bertz CT molecular complexity index is 1110. The number of thiazole rings is 1. The second-order valence-corrected chi connectivity index (χ2v) is 6.72. The Balaban J connectivity index is 1.82. The van der Waals surface area contributed by atoms with Crippen molar-refractivity contribution in [1.29, 1.82) is 0 Å². The van der Waals surface area contributed by atoms with Gasteiger partial charge in [-0.05, 0) is 31.3 Å². The van der Waals surface area contributed by atoms with Crippen LogP contribution in [0.15, 0.2) is 47.0 Å². The number of nitrogens with zero attached hydrogens (tertiary/aromatic N) is 6. The maximum Gasteiger partial charge on any atom is 0.194 e. The van der Waals surface area contributed by atoms with Crippen LogP contribution in [0.4, 0.5) is 0 Å². The molecule has 0 aliphatic rings. The van der Waals surface area contributed by atoms with Crippen molar-refractivity contribution in [1.82, 2.24) is 29.8 Å². The molecule has 4 rings (SSSR count). The number of hydrogen-bond acceptors (Lipinski definition) is 6. The number of nitrogens with one attached hydrogen (secondary N) is 1. The standard InChI is InChI=1S/C16H14N8S2/c1-10-13(20-22-24(10)11-5-3-2-4-6-11)14-12(9-18-21-15(17)25)23-7-8-26-16(23)19-14/h2-9H,1H3,(H3,17,21,25)/b18-9+. The zero-order chi connectivity index (χ0) is 18.1. The van der Waals surface area contributed by atoms with E-state index >= 15 is 0 Å². The second kappa shape index (κ2) is 6.65. The topological polar surface area (TPSA) is 98.4 Å². The van der Waals surface area contributed by atoms with Crippen LogP contribution in [-0.4, -0.2) is 35.7 Å². The zero-order valence-electron chi connectivity index (χ0n) is 13.7. The van der Waals surface area contributed by atoms with Crippen molar-refractivity contribution in [3.8, 4) is 17.1 Å². The SMILES string of the molecule is Cc1c(-c2nc3sccn3c2/C=N/NC(N)=S)nnn1-c1ccccc1. The van der Waals surface area contributed by atoms with E-state index in [2.05, 4.69) is 20.8 Å². The van der Waals surface area contributed by atoms with E-state index in [-0.39, 0.29) is 5.11 Å². The molecule has 0 saturated carbocycles. The number of rotatable bonds is 4. The molecule has 0 atom stereocenters. The molecule has 0 radical (unpaired) electrons. The number of hydrazone groups is 1. The molecule has 3 aromatic heterocycles. The van der Waals surface area contributed by atoms with E-state index in [1.165, 1.54) is 11.3 Å². The van der Waals surface area contributed by atoms with Gasteiger partial charge in [-0.2, -0.15) is 5.10 Å². The van der Waals surface area contributed by atoms with Crippen molar-refractivity contribution >= 4 is 39.8 Å². The third-order valence-corrected chi connectivity index (χ3v) is 4.63. The minimum atomic E-state index is 0.0973. The Morgan fingerprint density at radius 3 is 2.88 bits per heavy atom. The summed E-state index contributed by atoms with van der Waals surface area (Å²) in [6, 6.07) is 9.84. The van der Waals surface area contributed by atoms with Crippen molar-refractivity contribution in [3.05, 3.63) is 53.3 Å². The number of fused-ring (bicyclic) bond motifs is 1. The van der Waals surface area contributed by atoms with Crippen LogP contribution in [0.25, 0.3) is 22.0 Å². The van der Waals surface area contributed by atoms with Gasteiger partial charge in [-0.15, -0.1) is 16.4 Å². The predicted octanol–water partition coefficient (Wildman–Crippen LogP) is 2.12. The van der Waals surface area contributed by atoms with Crippen LogP contribution in [-0.2, 0) is 0 Å². The van der Waals surface area contributed by atoms with Gasteiger partial charge in [0, 0.05) is 11.6 Å². The van der Waals surface area contributed by atoms with Gasteiger partial charge < -0.3 is 5.73 Å². The van der Waals surface area contributed by atoms with Crippen molar-refractivity contribution in [3.63, 3.8) is 0 Å². The summed E-state index contributed by atoms with van der Waals surface area (Å²) in [6.07, 6.45) is 3.55. The number of thiocarbonyl (C=S) groups is 1. The highest BCUT2D eigenvalue weighted by molar-refractivity contribution is 7.80. The molecule has 3 heterocycles. The van der Waals surface area contributed by atoms with Crippen molar-refractivity contribution < 1.29 is 0 Å². The van der Waals surface area contributed by atoms with E-state index in [1.54, 1.807) is 10.9 Å². The third kappa shape index (κ3) is 2.85. The number of aromatic nitrogens is 5. The molecule has 10 heteroatoms. The van der Waals surface area contributed by atoms with E-state index in [4.69, 9.17) is 22.9 Å². The molecule has 0 aliphatic carbocycles. The molecule has 3 N–H and O–H groups in total. The van der Waals surface area contributed by atoms with Crippen LogP contribution in [0.1, 0.15) is 11.4 Å². The molecule has 0 unspecified atom stereocenters. The largest absolute Gasteiger partial charge is 0.375 e. The summed E-state index contributed by atoms with van der Waals surface area (Å²) in [6.45, 7) is 1.96. The van der Waals surface area contributed by atoms with Crippen LogP contribution >= 0.6 is 23.6 Å². The Hall–Kier alpha value is -3.11. The molecule has 0 saturated heterocycles. The lowest BCUT2D eigenvalue weighted by molar-refractivity contribution is 0.785. The van der Waals surface area contributed by atoms with E-state index in [0.717, 1.165) is 22.0 Å². The molecule has 0 amide bonds. The lowest BCUT2D eigenvalue weighted by atomic mass is 10.2. The summed E-state index contributed by atoms with van der Waals surface area (Å²) >= 11 is 6.31. The number of para-hydroxylation sites is 1. The average molecular weight is 382 g/mol. The molecule has 8 nitrogen and oxygen atoms in total. The van der Waals surface area contributed by atoms with E-state index in [0.29, 0.717) is 11.4 Å². The molecular weight excluding hydrogens is 368 g/mol. The predicted molar refractivity (Wildman–Crippen MR) is 106 cm³/mol. The lowest BCUT2D eigenvalue weighted by Gasteiger charge is -2.03. The Kier molecular flexibility index (Phi) is 4.19. The molecule has 0 bridgehead atoms. The number of benzene rings is 1. The maximum absolute atomic E-state index is 5.43. The second-order valence-electron chi connectivity index (χ2n) is 5.41. The molecule has 26 heavy (non-hydrogen) atoms. The highest BCUT2D eigenvalue weighted by Gasteiger charge is 2.20.